The van der Waals surface area contributed by atoms with Crippen LogP contribution in [0.1, 0.15) is 10.4 Å². The average molecular weight is 271 g/mol. The number of carbonyl (C=O) groups is 2. The lowest BCUT2D eigenvalue weighted by molar-refractivity contribution is -0.192. The van der Waals surface area contributed by atoms with Crippen LogP contribution in [0.15, 0.2) is 18.2 Å². The molecule has 0 aliphatic heterocycles. The van der Waals surface area contributed by atoms with Gasteiger partial charge in [-0.05, 0) is 18.2 Å². The van der Waals surface area contributed by atoms with E-state index in [4.69, 9.17) is 15.6 Å². The van der Waals surface area contributed by atoms with Crippen molar-refractivity contribution in [2.45, 2.75) is 6.18 Å². The number of carboxylic acid groups (broad SMARTS) is 1. The normalized spacial score (nSPS) is 10.3. The number of carbonyl (C=O) groups excluding carboxylic acids is 1. The van der Waals surface area contributed by atoms with Crippen molar-refractivity contribution in [3.63, 3.8) is 0 Å². The molecule has 0 aliphatic carbocycles. The number of hydrogen-bond acceptors (Lipinski definition) is 2. The van der Waals surface area contributed by atoms with E-state index in [0.717, 1.165) is 18.2 Å². The zero-order chi connectivity index (χ0) is 14.5. The van der Waals surface area contributed by atoms with Crippen molar-refractivity contribution in [2.24, 2.45) is 5.73 Å². The summed E-state index contributed by atoms with van der Waals surface area (Å²) in [6, 6.07) is 2.74. The maximum atomic E-state index is 12.4. The van der Waals surface area contributed by atoms with Gasteiger partial charge in [0.05, 0.1) is 0 Å². The third-order valence-electron chi connectivity index (χ3n) is 1.45. The molecule has 1 amide bonds. The number of nitrogens with two attached hydrogens (primary N) is 1. The molecule has 0 radical (unpaired) electrons. The number of halogens is 5. The number of primary amides is 1. The number of hydrogen-bond donors (Lipinski definition) is 2. The molecular weight excluding hydrogens is 265 g/mol. The van der Waals surface area contributed by atoms with Crippen molar-refractivity contribution in [3.05, 3.63) is 35.4 Å². The third-order valence-corrected chi connectivity index (χ3v) is 1.45. The molecule has 100 valence electrons. The highest BCUT2D eigenvalue weighted by atomic mass is 19.4. The average Bonchev–Trinajstić information content (AvgIpc) is 2.21. The smallest absolute Gasteiger partial charge is 0.475 e. The Morgan fingerprint density at radius 1 is 1.11 bits per heavy atom. The van der Waals surface area contributed by atoms with Gasteiger partial charge in [-0.1, -0.05) is 0 Å². The molecule has 1 aromatic rings. The molecule has 0 saturated heterocycles. The molecule has 0 aliphatic rings. The topological polar surface area (TPSA) is 80.4 Å². The molecule has 4 nitrogen and oxygen atoms in total. The lowest BCUT2D eigenvalue weighted by Gasteiger charge is -1.94. The molecule has 9 heteroatoms. The van der Waals surface area contributed by atoms with E-state index in [1.807, 2.05) is 0 Å². The predicted molar refractivity (Wildman–Crippen MR) is 48.6 cm³/mol. The van der Waals surface area contributed by atoms with Crippen LogP contribution in [0.4, 0.5) is 22.0 Å². The van der Waals surface area contributed by atoms with Crippen molar-refractivity contribution < 1.29 is 36.6 Å². The lowest BCUT2D eigenvalue weighted by Crippen LogP contribution is -2.21. The van der Waals surface area contributed by atoms with Crippen LogP contribution in [0.25, 0.3) is 0 Å². The van der Waals surface area contributed by atoms with Gasteiger partial charge in [-0.25, -0.2) is 13.6 Å². The Hall–Kier alpha value is -2.19. The van der Waals surface area contributed by atoms with Crippen molar-refractivity contribution in [1.29, 1.82) is 0 Å². The molecule has 1 aromatic carbocycles. The lowest BCUT2D eigenvalue weighted by atomic mass is 10.2. The minimum absolute atomic E-state index is 0.0381. The van der Waals surface area contributed by atoms with Gasteiger partial charge in [-0.2, -0.15) is 13.2 Å². The van der Waals surface area contributed by atoms with E-state index in [2.05, 4.69) is 0 Å². The molecule has 3 N–H and O–H groups in total. The summed E-state index contributed by atoms with van der Waals surface area (Å²) in [7, 11) is 0. The quantitative estimate of drug-likeness (QED) is 0.763. The second-order valence-electron chi connectivity index (χ2n) is 2.80. The zero-order valence-corrected chi connectivity index (χ0v) is 8.46. The van der Waals surface area contributed by atoms with Crippen LogP contribution in [0.5, 0.6) is 0 Å². The van der Waals surface area contributed by atoms with Gasteiger partial charge in [0.2, 0.25) is 5.91 Å². The van der Waals surface area contributed by atoms with E-state index in [0.29, 0.717) is 0 Å². The molecule has 0 fully saturated rings. The summed E-state index contributed by atoms with van der Waals surface area (Å²) < 4.78 is 56.3. The molecule has 0 saturated carbocycles. The summed E-state index contributed by atoms with van der Waals surface area (Å²) in [5, 5.41) is 7.12. The second-order valence-corrected chi connectivity index (χ2v) is 2.80. The molecule has 1 rings (SSSR count). The number of benzene rings is 1. The Kier molecular flexibility index (Phi) is 5.22. The van der Waals surface area contributed by atoms with Gasteiger partial charge in [0.25, 0.3) is 0 Å². The van der Waals surface area contributed by atoms with E-state index in [1.54, 1.807) is 0 Å². The standard InChI is InChI=1S/C7H5F2NO.C2HF3O2/c8-5-2-1-4(7(10)11)3-6(5)9;3-2(4,5)1(6)7/h1-3H,(H2,10,11);(H,6,7). The minimum atomic E-state index is -5.08. The maximum Gasteiger partial charge on any atom is 0.490 e. The fourth-order valence-corrected chi connectivity index (χ4v) is 0.649. The highest BCUT2D eigenvalue weighted by molar-refractivity contribution is 5.92. The van der Waals surface area contributed by atoms with Crippen LogP contribution < -0.4 is 5.73 Å². The minimum Gasteiger partial charge on any atom is -0.475 e. The van der Waals surface area contributed by atoms with E-state index in [9.17, 15) is 26.7 Å². The molecule has 0 spiro atoms. The van der Waals surface area contributed by atoms with E-state index in [1.165, 1.54) is 0 Å². The number of aliphatic carboxylic acids is 1. The molecule has 0 bridgehead atoms. The maximum absolute atomic E-state index is 12.4. The first kappa shape index (κ1) is 15.8. The van der Waals surface area contributed by atoms with Gasteiger partial charge in [0.1, 0.15) is 0 Å². The van der Waals surface area contributed by atoms with Crippen LogP contribution >= 0.6 is 0 Å². The Morgan fingerprint density at radius 3 is 1.83 bits per heavy atom. The van der Waals surface area contributed by atoms with Gasteiger partial charge in [0, 0.05) is 5.56 Å². The first-order valence-electron chi connectivity index (χ1n) is 4.10. The first-order chi connectivity index (χ1) is 8.05. The highest BCUT2D eigenvalue weighted by Gasteiger charge is 2.38. The van der Waals surface area contributed by atoms with Crippen LogP contribution in [0.3, 0.4) is 0 Å². The van der Waals surface area contributed by atoms with Gasteiger partial charge in [0.15, 0.2) is 11.6 Å². The summed E-state index contributed by atoms with van der Waals surface area (Å²) in [4.78, 5) is 19.3. The summed E-state index contributed by atoms with van der Waals surface area (Å²) in [5.74, 6) is -5.59. The second kappa shape index (κ2) is 5.94. The number of rotatable bonds is 1. The van der Waals surface area contributed by atoms with E-state index >= 15 is 0 Å². The van der Waals surface area contributed by atoms with Crippen molar-refractivity contribution >= 4 is 11.9 Å². The van der Waals surface area contributed by atoms with Crippen molar-refractivity contribution in [2.75, 3.05) is 0 Å². The highest BCUT2D eigenvalue weighted by Crippen LogP contribution is 2.13. The summed E-state index contributed by atoms with van der Waals surface area (Å²) >= 11 is 0. The fourth-order valence-electron chi connectivity index (χ4n) is 0.649. The first-order valence-corrected chi connectivity index (χ1v) is 4.10. The third kappa shape index (κ3) is 5.23. The number of carboxylic acids is 1. The Balaban J connectivity index is 0.000000360. The molecular formula is C9H6F5NO3. The van der Waals surface area contributed by atoms with Crippen LogP contribution in [-0.2, 0) is 4.79 Å². The molecule has 0 unspecified atom stereocenters. The van der Waals surface area contributed by atoms with E-state index < -0.39 is 29.7 Å². The molecule has 0 atom stereocenters. The zero-order valence-electron chi connectivity index (χ0n) is 8.46. The predicted octanol–water partition coefficient (Wildman–Crippen LogP) is 1.70. The monoisotopic (exact) mass is 271 g/mol. The van der Waals surface area contributed by atoms with Gasteiger partial charge in [-0.15, -0.1) is 0 Å². The van der Waals surface area contributed by atoms with Crippen molar-refractivity contribution in [1.82, 2.24) is 0 Å². The summed E-state index contributed by atoms with van der Waals surface area (Å²) in [5.41, 5.74) is 4.77. The summed E-state index contributed by atoms with van der Waals surface area (Å²) in [6.07, 6.45) is -5.08. The Morgan fingerprint density at radius 2 is 1.56 bits per heavy atom. The van der Waals surface area contributed by atoms with E-state index in [-0.39, 0.29) is 5.56 Å². The Bertz CT molecular complexity index is 458. The molecule has 0 heterocycles. The number of alkyl halides is 3. The van der Waals surface area contributed by atoms with Crippen LogP contribution in [-0.4, -0.2) is 23.2 Å². The molecule has 18 heavy (non-hydrogen) atoms. The summed E-state index contributed by atoms with van der Waals surface area (Å²) in [6.45, 7) is 0. The number of amides is 1. The van der Waals surface area contributed by atoms with Crippen molar-refractivity contribution in [3.8, 4) is 0 Å². The SMILES string of the molecule is NC(=O)c1ccc(F)c(F)c1.O=C(O)C(F)(F)F. The van der Waals surface area contributed by atoms with Crippen LogP contribution in [0.2, 0.25) is 0 Å². The Labute approximate surface area is 96.8 Å². The largest absolute Gasteiger partial charge is 0.490 e. The van der Waals surface area contributed by atoms with Gasteiger partial charge >= 0.3 is 12.1 Å². The fraction of sp³-hybridized carbons (Fsp3) is 0.111. The van der Waals surface area contributed by atoms with Gasteiger partial charge in [-0.3, -0.25) is 4.79 Å². The van der Waals surface area contributed by atoms with Crippen LogP contribution in [0, 0.1) is 11.6 Å². The molecule has 0 aromatic heterocycles. The van der Waals surface area contributed by atoms with Gasteiger partial charge < -0.3 is 10.8 Å².